The van der Waals surface area contributed by atoms with E-state index in [9.17, 15) is 9.59 Å². The number of hydrogen-bond acceptors (Lipinski definition) is 4. The Balaban J connectivity index is 2.42. The van der Waals surface area contributed by atoms with Crippen molar-refractivity contribution in [2.75, 3.05) is 26.8 Å². The molecule has 1 fully saturated rings. The first-order valence-corrected chi connectivity index (χ1v) is 7.08. The monoisotopic (exact) mass is 285 g/mol. The fourth-order valence-corrected chi connectivity index (χ4v) is 2.21. The van der Waals surface area contributed by atoms with Gasteiger partial charge >= 0.3 is 0 Å². The lowest BCUT2D eigenvalue weighted by molar-refractivity contribution is -0.136. The first-order valence-electron chi connectivity index (χ1n) is 7.08. The van der Waals surface area contributed by atoms with E-state index in [-0.39, 0.29) is 29.9 Å². The van der Waals surface area contributed by atoms with Crippen LogP contribution in [0.15, 0.2) is 0 Å². The van der Waals surface area contributed by atoms with E-state index in [1.807, 2.05) is 20.8 Å². The van der Waals surface area contributed by atoms with Crippen LogP contribution in [0, 0.1) is 5.41 Å². The maximum absolute atomic E-state index is 12.3. The fraction of sp³-hybridized carbons (Fsp3) is 0.857. The van der Waals surface area contributed by atoms with E-state index < -0.39 is 6.04 Å². The topological polar surface area (TPSA) is 84.7 Å². The largest absolute Gasteiger partial charge is 0.375 e. The summed E-state index contributed by atoms with van der Waals surface area (Å²) >= 11 is 0. The van der Waals surface area contributed by atoms with E-state index >= 15 is 0 Å². The van der Waals surface area contributed by atoms with Crippen LogP contribution >= 0.6 is 0 Å². The van der Waals surface area contributed by atoms with Crippen LogP contribution in [-0.4, -0.2) is 55.6 Å². The normalized spacial score (nSPS) is 18.8. The van der Waals surface area contributed by atoms with Crippen molar-refractivity contribution < 1.29 is 14.3 Å². The molecule has 116 valence electrons. The average molecular weight is 285 g/mol. The van der Waals surface area contributed by atoms with Crippen LogP contribution in [-0.2, 0) is 14.3 Å². The van der Waals surface area contributed by atoms with Crippen molar-refractivity contribution in [1.82, 2.24) is 10.2 Å². The summed E-state index contributed by atoms with van der Waals surface area (Å²) in [6.07, 6.45) is 1.52. The van der Waals surface area contributed by atoms with Gasteiger partial charge in [0.15, 0.2) is 0 Å². The van der Waals surface area contributed by atoms with Gasteiger partial charge in [-0.3, -0.25) is 9.59 Å². The number of likely N-dealkylation sites (tertiary alicyclic amines) is 1. The van der Waals surface area contributed by atoms with Crippen molar-refractivity contribution in [3.05, 3.63) is 0 Å². The van der Waals surface area contributed by atoms with Crippen LogP contribution in [0.2, 0.25) is 0 Å². The van der Waals surface area contributed by atoms with Gasteiger partial charge in [-0.15, -0.1) is 0 Å². The van der Waals surface area contributed by atoms with Crippen LogP contribution < -0.4 is 11.1 Å². The molecule has 1 atom stereocenters. The molecule has 0 aromatic heterocycles. The number of hydrogen-bond donors (Lipinski definition) is 2. The van der Waals surface area contributed by atoms with Crippen LogP contribution in [0.1, 0.15) is 33.6 Å². The van der Waals surface area contributed by atoms with Gasteiger partial charge in [-0.25, -0.2) is 0 Å². The van der Waals surface area contributed by atoms with Gasteiger partial charge in [-0.1, -0.05) is 20.8 Å². The van der Waals surface area contributed by atoms with Crippen molar-refractivity contribution in [3.8, 4) is 0 Å². The zero-order chi connectivity index (χ0) is 15.3. The number of methoxy groups -OCH3 is 1. The molecule has 6 nitrogen and oxygen atoms in total. The highest BCUT2D eigenvalue weighted by atomic mass is 16.5. The number of piperidine rings is 1. The molecule has 0 aromatic carbocycles. The molecule has 1 aliphatic rings. The number of rotatable bonds is 4. The van der Waals surface area contributed by atoms with Crippen molar-refractivity contribution in [1.29, 1.82) is 0 Å². The molecule has 0 aliphatic carbocycles. The van der Waals surface area contributed by atoms with E-state index in [0.29, 0.717) is 13.1 Å². The number of nitrogens with zero attached hydrogens (tertiary/aromatic N) is 1. The first kappa shape index (κ1) is 16.9. The molecule has 0 radical (unpaired) electrons. The lowest BCUT2D eigenvalue weighted by Crippen LogP contribution is -2.54. The maximum atomic E-state index is 12.3. The number of nitrogens with two attached hydrogens (primary N) is 1. The molecular weight excluding hydrogens is 258 g/mol. The van der Waals surface area contributed by atoms with Gasteiger partial charge < -0.3 is 20.7 Å². The SMILES string of the molecule is COCC(=O)NC1CCN(C(=O)[C@@H](N)C(C)(C)C)CC1. The van der Waals surface area contributed by atoms with Crippen LogP contribution in [0.25, 0.3) is 0 Å². The number of amides is 2. The molecule has 0 saturated carbocycles. The fourth-order valence-electron chi connectivity index (χ4n) is 2.21. The van der Waals surface area contributed by atoms with E-state index in [0.717, 1.165) is 12.8 Å². The Bertz CT molecular complexity index is 344. The molecule has 1 aliphatic heterocycles. The van der Waals surface area contributed by atoms with E-state index in [1.165, 1.54) is 7.11 Å². The van der Waals surface area contributed by atoms with Gasteiger partial charge in [0.05, 0.1) is 6.04 Å². The zero-order valence-corrected chi connectivity index (χ0v) is 12.9. The van der Waals surface area contributed by atoms with Gasteiger partial charge in [-0.2, -0.15) is 0 Å². The number of carbonyl (C=O) groups excluding carboxylic acids is 2. The molecule has 1 heterocycles. The Morgan fingerprint density at radius 3 is 2.35 bits per heavy atom. The molecule has 20 heavy (non-hydrogen) atoms. The molecule has 1 rings (SSSR count). The number of nitrogens with one attached hydrogen (secondary N) is 1. The molecule has 2 amide bonds. The lowest BCUT2D eigenvalue weighted by atomic mass is 9.86. The summed E-state index contributed by atoms with van der Waals surface area (Å²) in [5.41, 5.74) is 5.77. The summed E-state index contributed by atoms with van der Waals surface area (Å²) in [6.45, 7) is 7.25. The number of ether oxygens (including phenoxy) is 1. The van der Waals surface area contributed by atoms with Crippen molar-refractivity contribution in [2.24, 2.45) is 11.1 Å². The van der Waals surface area contributed by atoms with Crippen molar-refractivity contribution in [2.45, 2.75) is 45.7 Å². The summed E-state index contributed by atoms with van der Waals surface area (Å²) in [6, 6.07) is -0.366. The van der Waals surface area contributed by atoms with Crippen molar-refractivity contribution >= 4 is 11.8 Å². The Hall–Kier alpha value is -1.14. The van der Waals surface area contributed by atoms with Crippen molar-refractivity contribution in [3.63, 3.8) is 0 Å². The summed E-state index contributed by atoms with van der Waals surface area (Å²) < 4.78 is 4.78. The zero-order valence-electron chi connectivity index (χ0n) is 12.9. The second kappa shape index (κ2) is 7.04. The van der Waals surface area contributed by atoms with Gasteiger partial charge in [0.25, 0.3) is 0 Å². The molecule has 1 saturated heterocycles. The summed E-state index contributed by atoms with van der Waals surface area (Å²) in [7, 11) is 1.49. The molecular formula is C14H27N3O3. The third-order valence-electron chi connectivity index (χ3n) is 3.65. The van der Waals surface area contributed by atoms with E-state index in [1.54, 1.807) is 4.90 Å². The summed E-state index contributed by atoms with van der Waals surface area (Å²) in [4.78, 5) is 25.5. The molecule has 0 bridgehead atoms. The van der Waals surface area contributed by atoms with Gasteiger partial charge in [0, 0.05) is 26.2 Å². The minimum atomic E-state index is -0.484. The van der Waals surface area contributed by atoms with Crippen LogP contribution in [0.5, 0.6) is 0 Å². The second-order valence-electron chi connectivity index (χ2n) is 6.44. The highest BCUT2D eigenvalue weighted by molar-refractivity contribution is 5.82. The highest BCUT2D eigenvalue weighted by Gasteiger charge is 2.33. The third kappa shape index (κ3) is 4.76. The molecule has 0 spiro atoms. The second-order valence-corrected chi connectivity index (χ2v) is 6.44. The van der Waals surface area contributed by atoms with E-state index in [4.69, 9.17) is 10.5 Å². The highest BCUT2D eigenvalue weighted by Crippen LogP contribution is 2.21. The molecule has 0 aromatic rings. The predicted octanol–water partition coefficient (Wildman–Crippen LogP) is 0.113. The van der Waals surface area contributed by atoms with Crippen LogP contribution in [0.3, 0.4) is 0 Å². The maximum Gasteiger partial charge on any atom is 0.246 e. The average Bonchev–Trinajstić information content (AvgIpc) is 2.37. The summed E-state index contributed by atoms with van der Waals surface area (Å²) in [5, 5.41) is 2.91. The van der Waals surface area contributed by atoms with Crippen LogP contribution in [0.4, 0.5) is 0 Å². The smallest absolute Gasteiger partial charge is 0.246 e. The first-order chi connectivity index (χ1) is 9.25. The molecule has 6 heteroatoms. The van der Waals surface area contributed by atoms with E-state index in [2.05, 4.69) is 5.32 Å². The lowest BCUT2D eigenvalue weighted by Gasteiger charge is -2.36. The summed E-state index contributed by atoms with van der Waals surface area (Å²) in [5.74, 6) is -0.108. The minimum absolute atomic E-state index is 0.000770. The Labute approximate surface area is 121 Å². The minimum Gasteiger partial charge on any atom is -0.375 e. The predicted molar refractivity (Wildman–Crippen MR) is 77.1 cm³/mol. The standard InChI is InChI=1S/C14H27N3O3/c1-14(2,3)12(15)13(19)17-7-5-10(6-8-17)16-11(18)9-20-4/h10,12H,5-9,15H2,1-4H3,(H,16,18)/t12-/m1/s1. The quantitative estimate of drug-likeness (QED) is 0.768. The van der Waals surface area contributed by atoms with Gasteiger partial charge in [0.1, 0.15) is 6.61 Å². The third-order valence-corrected chi connectivity index (χ3v) is 3.65. The Morgan fingerprint density at radius 2 is 1.90 bits per heavy atom. The van der Waals surface area contributed by atoms with Gasteiger partial charge in [0.2, 0.25) is 11.8 Å². The molecule has 3 N–H and O–H groups in total. The Kier molecular flexibility index (Phi) is 5.95. The number of carbonyl (C=O) groups is 2. The van der Waals surface area contributed by atoms with Gasteiger partial charge in [-0.05, 0) is 18.3 Å². The Morgan fingerprint density at radius 1 is 1.35 bits per heavy atom. The molecule has 0 unspecified atom stereocenters.